The second kappa shape index (κ2) is 6.75. The molecule has 0 atom stereocenters. The summed E-state index contributed by atoms with van der Waals surface area (Å²) in [6, 6.07) is 15.9. The maximum atomic E-state index is 12.1. The van der Waals surface area contributed by atoms with Gasteiger partial charge in [0.15, 0.2) is 0 Å². The molecule has 1 heterocycles. The summed E-state index contributed by atoms with van der Waals surface area (Å²) in [6.45, 7) is 0.352. The topological polar surface area (TPSA) is 87.8 Å². The van der Waals surface area contributed by atoms with Crippen LogP contribution in [0.3, 0.4) is 0 Å². The zero-order valence-electron chi connectivity index (χ0n) is 12.8. The summed E-state index contributed by atoms with van der Waals surface area (Å²) in [6.07, 6.45) is 1.47. The molecule has 6 heteroatoms. The first kappa shape index (κ1) is 15.4. The van der Waals surface area contributed by atoms with Gasteiger partial charge in [-0.1, -0.05) is 18.2 Å². The monoisotopic (exact) mass is 318 g/mol. The number of amides is 1. The summed E-state index contributed by atoms with van der Waals surface area (Å²) in [5, 5.41) is 16.3. The lowest BCUT2D eigenvalue weighted by Gasteiger charge is -2.09. The van der Waals surface area contributed by atoms with E-state index in [1.807, 2.05) is 12.1 Å². The van der Waals surface area contributed by atoms with Gasteiger partial charge < -0.3 is 5.32 Å². The number of para-hydroxylation sites is 1. The predicted octanol–water partition coefficient (Wildman–Crippen LogP) is 2.30. The molecule has 118 valence electrons. The number of aromatic nitrogens is 2. The van der Waals surface area contributed by atoms with Gasteiger partial charge in [0, 0.05) is 17.5 Å². The van der Waals surface area contributed by atoms with Gasteiger partial charge >= 0.3 is 0 Å². The molecule has 0 saturated carbocycles. The van der Waals surface area contributed by atoms with Crippen molar-refractivity contribution in [3.63, 3.8) is 0 Å². The third kappa shape index (κ3) is 3.31. The molecule has 3 rings (SSSR count). The molecule has 0 aliphatic carbocycles. The zero-order chi connectivity index (χ0) is 16.9. The van der Waals surface area contributed by atoms with E-state index in [9.17, 15) is 9.59 Å². The zero-order valence-corrected chi connectivity index (χ0v) is 12.8. The number of nitrogens with zero attached hydrogens (tertiary/aromatic N) is 3. The Hall–Kier alpha value is -3.46. The average molecular weight is 318 g/mol. The number of nitriles is 1. The van der Waals surface area contributed by atoms with Gasteiger partial charge in [-0.2, -0.15) is 10.4 Å². The number of rotatable bonds is 4. The number of hydrogen-bond donors (Lipinski definition) is 1. The summed E-state index contributed by atoms with van der Waals surface area (Å²) in [5.41, 5.74) is 1.63. The highest BCUT2D eigenvalue weighted by Gasteiger charge is 2.07. The maximum absolute atomic E-state index is 12.1. The van der Waals surface area contributed by atoms with E-state index < -0.39 is 0 Å². The molecule has 1 N–H and O–H groups in total. The van der Waals surface area contributed by atoms with E-state index >= 15 is 0 Å². The molecule has 0 saturated heterocycles. The first-order chi connectivity index (χ1) is 11.7. The summed E-state index contributed by atoms with van der Waals surface area (Å²) < 4.78 is 1.64. The van der Waals surface area contributed by atoms with Crippen molar-refractivity contribution in [2.45, 2.75) is 13.0 Å². The first-order valence-electron chi connectivity index (χ1n) is 7.42. The van der Waals surface area contributed by atoms with Crippen LogP contribution in [-0.2, 0) is 11.3 Å². The second-order valence-electron chi connectivity index (χ2n) is 5.24. The highest BCUT2D eigenvalue weighted by atomic mass is 16.1. The lowest BCUT2D eigenvalue weighted by atomic mass is 10.2. The minimum absolute atomic E-state index is 0.139. The van der Waals surface area contributed by atoms with Crippen molar-refractivity contribution >= 4 is 22.5 Å². The van der Waals surface area contributed by atoms with E-state index in [0.717, 1.165) is 0 Å². The largest absolute Gasteiger partial charge is 0.326 e. The Bertz CT molecular complexity index is 1000. The van der Waals surface area contributed by atoms with Gasteiger partial charge in [0.1, 0.15) is 0 Å². The number of nitrogens with one attached hydrogen (secondary N) is 1. The van der Waals surface area contributed by atoms with Gasteiger partial charge in [-0.05, 0) is 30.3 Å². The lowest BCUT2D eigenvalue weighted by Crippen LogP contribution is -2.18. The number of carbonyl (C=O) groups excluding carboxylic acids is 1. The van der Waals surface area contributed by atoms with Gasteiger partial charge in [0.2, 0.25) is 11.3 Å². The molecule has 6 nitrogen and oxygen atoms in total. The molecule has 0 spiro atoms. The molecule has 0 radical (unpaired) electrons. The van der Waals surface area contributed by atoms with Crippen LogP contribution in [0.5, 0.6) is 0 Å². The van der Waals surface area contributed by atoms with Gasteiger partial charge in [0.05, 0.1) is 29.9 Å². The first-order valence-corrected chi connectivity index (χ1v) is 7.42. The Morgan fingerprint density at radius 2 is 2.04 bits per heavy atom. The fourth-order valence-corrected chi connectivity index (χ4v) is 2.44. The quantitative estimate of drug-likeness (QED) is 0.799. The Balaban J connectivity index is 1.72. The molecular weight excluding hydrogens is 304 g/mol. The molecule has 0 unspecified atom stereocenters. The van der Waals surface area contributed by atoms with E-state index in [-0.39, 0.29) is 17.8 Å². The van der Waals surface area contributed by atoms with Gasteiger partial charge in [0.25, 0.3) is 0 Å². The third-order valence-corrected chi connectivity index (χ3v) is 3.59. The summed E-state index contributed by atoms with van der Waals surface area (Å²) in [7, 11) is 0. The number of benzene rings is 2. The van der Waals surface area contributed by atoms with Crippen LogP contribution in [0.4, 0.5) is 5.69 Å². The molecule has 0 aliphatic rings. The highest BCUT2D eigenvalue weighted by molar-refractivity contribution is 5.91. The normalized spacial score (nSPS) is 10.3. The van der Waals surface area contributed by atoms with E-state index in [4.69, 9.17) is 5.26 Å². The van der Waals surface area contributed by atoms with Crippen LogP contribution in [0.1, 0.15) is 12.0 Å². The number of anilines is 1. The molecule has 2 aromatic carbocycles. The second-order valence-corrected chi connectivity index (χ2v) is 5.24. The van der Waals surface area contributed by atoms with Gasteiger partial charge in [-0.3, -0.25) is 14.3 Å². The Morgan fingerprint density at radius 1 is 1.21 bits per heavy atom. The van der Waals surface area contributed by atoms with Crippen LogP contribution in [0.2, 0.25) is 0 Å². The standard InChI is InChI=1S/C18H14N4O2/c19-11-13-4-3-5-14(10-13)21-18(24)8-9-22-16-7-2-1-6-15(16)17(23)12-20-22/h1-7,10,12H,8-9H2,(H,21,24). The summed E-state index contributed by atoms with van der Waals surface area (Å²) in [5.74, 6) is -0.185. The van der Waals surface area contributed by atoms with Crippen molar-refractivity contribution in [3.05, 3.63) is 70.5 Å². The van der Waals surface area contributed by atoms with Crippen LogP contribution in [0, 0.1) is 11.3 Å². The van der Waals surface area contributed by atoms with Crippen LogP contribution in [0.15, 0.2) is 59.5 Å². The van der Waals surface area contributed by atoms with Crippen molar-refractivity contribution in [2.24, 2.45) is 0 Å². The fraction of sp³-hybridized carbons (Fsp3) is 0.111. The third-order valence-electron chi connectivity index (χ3n) is 3.59. The number of hydrogen-bond acceptors (Lipinski definition) is 4. The molecule has 0 aliphatic heterocycles. The van der Waals surface area contributed by atoms with Crippen molar-refractivity contribution < 1.29 is 4.79 Å². The predicted molar refractivity (Wildman–Crippen MR) is 90.4 cm³/mol. The number of aryl methyl sites for hydroxylation is 1. The fourth-order valence-electron chi connectivity index (χ4n) is 2.44. The van der Waals surface area contributed by atoms with Gasteiger partial charge in [-0.15, -0.1) is 0 Å². The SMILES string of the molecule is N#Cc1cccc(NC(=O)CCn2ncc(=O)c3ccccc32)c1. The lowest BCUT2D eigenvalue weighted by molar-refractivity contribution is -0.116. The molecule has 24 heavy (non-hydrogen) atoms. The Kier molecular flexibility index (Phi) is 4.34. The van der Waals surface area contributed by atoms with Crippen molar-refractivity contribution in [1.82, 2.24) is 9.78 Å². The van der Waals surface area contributed by atoms with E-state index in [0.29, 0.717) is 28.7 Å². The Morgan fingerprint density at radius 3 is 2.88 bits per heavy atom. The Labute approximate surface area is 138 Å². The van der Waals surface area contributed by atoms with E-state index in [1.54, 1.807) is 47.1 Å². The van der Waals surface area contributed by atoms with Crippen molar-refractivity contribution in [1.29, 1.82) is 5.26 Å². The average Bonchev–Trinajstić information content (AvgIpc) is 2.61. The molecule has 1 amide bonds. The smallest absolute Gasteiger partial charge is 0.226 e. The molecule has 3 aromatic rings. The van der Waals surface area contributed by atoms with Crippen LogP contribution < -0.4 is 10.7 Å². The number of fused-ring (bicyclic) bond motifs is 1. The highest BCUT2D eigenvalue weighted by Crippen LogP contribution is 2.11. The maximum Gasteiger partial charge on any atom is 0.226 e. The van der Waals surface area contributed by atoms with E-state index in [2.05, 4.69) is 10.4 Å². The van der Waals surface area contributed by atoms with Crippen molar-refractivity contribution in [3.8, 4) is 6.07 Å². The molecule has 1 aromatic heterocycles. The van der Waals surface area contributed by atoms with E-state index in [1.165, 1.54) is 6.20 Å². The van der Waals surface area contributed by atoms with Crippen LogP contribution >= 0.6 is 0 Å². The molecule has 0 fully saturated rings. The van der Waals surface area contributed by atoms with Crippen LogP contribution in [-0.4, -0.2) is 15.7 Å². The minimum Gasteiger partial charge on any atom is -0.326 e. The summed E-state index contributed by atoms with van der Waals surface area (Å²) in [4.78, 5) is 23.9. The van der Waals surface area contributed by atoms with Gasteiger partial charge in [-0.25, -0.2) is 0 Å². The summed E-state index contributed by atoms with van der Waals surface area (Å²) >= 11 is 0. The molecule has 0 bridgehead atoms. The minimum atomic E-state index is -0.185. The number of carbonyl (C=O) groups is 1. The van der Waals surface area contributed by atoms with Crippen molar-refractivity contribution in [2.75, 3.05) is 5.32 Å². The van der Waals surface area contributed by atoms with Crippen LogP contribution in [0.25, 0.3) is 10.9 Å². The molecular formula is C18H14N4O2.